The fourth-order valence-corrected chi connectivity index (χ4v) is 3.84. The van der Waals surface area contributed by atoms with Gasteiger partial charge < -0.3 is 9.47 Å². The number of esters is 1. The van der Waals surface area contributed by atoms with E-state index in [0.717, 1.165) is 15.4 Å². The molecule has 21 heavy (non-hydrogen) atoms. The van der Waals surface area contributed by atoms with E-state index in [-0.39, 0.29) is 24.7 Å². The summed E-state index contributed by atoms with van der Waals surface area (Å²) in [6, 6.07) is 4.00. The third-order valence-corrected chi connectivity index (χ3v) is 5.54. The van der Waals surface area contributed by atoms with E-state index in [1.807, 2.05) is 13.8 Å². The highest BCUT2D eigenvalue weighted by Gasteiger charge is 2.39. The van der Waals surface area contributed by atoms with Crippen LogP contribution in [0.4, 0.5) is 0 Å². The zero-order valence-electron chi connectivity index (χ0n) is 12.3. The van der Waals surface area contributed by atoms with Crippen LogP contribution < -0.4 is 0 Å². The van der Waals surface area contributed by atoms with Crippen molar-refractivity contribution in [3.8, 4) is 0 Å². The maximum atomic E-state index is 12.7. The molecule has 0 bridgehead atoms. The number of carbonyl (C=O) groups excluding carboxylic acids is 1. The van der Waals surface area contributed by atoms with Crippen LogP contribution >= 0.6 is 0 Å². The maximum absolute atomic E-state index is 12.7. The Labute approximate surface area is 124 Å². The second-order valence-electron chi connectivity index (χ2n) is 4.98. The van der Waals surface area contributed by atoms with Gasteiger partial charge in [-0.25, -0.2) is 8.42 Å². The highest BCUT2D eigenvalue weighted by molar-refractivity contribution is 7.89. The minimum atomic E-state index is -3.75. The van der Waals surface area contributed by atoms with Crippen LogP contribution in [0, 0.1) is 13.8 Å². The van der Waals surface area contributed by atoms with Gasteiger partial charge in [-0.05, 0) is 37.1 Å². The molecule has 0 amide bonds. The summed E-state index contributed by atoms with van der Waals surface area (Å²) in [6.45, 7) is 4.17. The number of ether oxygens (including phenoxy) is 2. The first-order chi connectivity index (χ1) is 9.87. The van der Waals surface area contributed by atoms with Crippen LogP contribution in [0.25, 0.3) is 0 Å². The molecular weight excluding hydrogens is 294 g/mol. The Balaban J connectivity index is 2.40. The summed E-state index contributed by atoms with van der Waals surface area (Å²) in [7, 11) is -2.52. The number of rotatable bonds is 3. The first-order valence-corrected chi connectivity index (χ1v) is 8.06. The molecule has 1 aromatic carbocycles. The van der Waals surface area contributed by atoms with Gasteiger partial charge in [0.25, 0.3) is 0 Å². The van der Waals surface area contributed by atoms with E-state index in [0.29, 0.717) is 0 Å². The van der Waals surface area contributed by atoms with Gasteiger partial charge in [-0.2, -0.15) is 4.31 Å². The van der Waals surface area contributed by atoms with Crippen molar-refractivity contribution in [2.75, 3.05) is 26.9 Å². The van der Waals surface area contributed by atoms with Gasteiger partial charge in [0.1, 0.15) is 6.04 Å². The molecule has 0 aromatic heterocycles. The van der Waals surface area contributed by atoms with Crippen molar-refractivity contribution >= 4 is 16.0 Å². The molecule has 1 atom stereocenters. The minimum absolute atomic E-state index is 0.0107. The molecule has 0 spiro atoms. The number of nitrogens with zero attached hydrogens (tertiary/aromatic N) is 1. The monoisotopic (exact) mass is 313 g/mol. The maximum Gasteiger partial charge on any atom is 0.326 e. The number of hydrogen-bond acceptors (Lipinski definition) is 5. The van der Waals surface area contributed by atoms with Gasteiger partial charge in [-0.3, -0.25) is 4.79 Å². The van der Waals surface area contributed by atoms with Gasteiger partial charge in [-0.1, -0.05) is 6.07 Å². The third kappa shape index (κ3) is 3.09. The number of methoxy groups -OCH3 is 1. The number of aryl methyl sites for hydroxylation is 2. The lowest BCUT2D eigenvalue weighted by molar-refractivity contribution is -0.149. The molecule has 1 aliphatic heterocycles. The zero-order valence-corrected chi connectivity index (χ0v) is 13.1. The molecule has 0 N–H and O–H groups in total. The molecule has 0 saturated carbocycles. The summed E-state index contributed by atoms with van der Waals surface area (Å²) < 4.78 is 36.5. The summed E-state index contributed by atoms with van der Waals surface area (Å²) >= 11 is 0. The van der Waals surface area contributed by atoms with Crippen molar-refractivity contribution in [1.29, 1.82) is 0 Å². The Morgan fingerprint density at radius 3 is 2.67 bits per heavy atom. The Hall–Kier alpha value is -1.44. The smallest absolute Gasteiger partial charge is 0.326 e. The van der Waals surface area contributed by atoms with E-state index >= 15 is 0 Å². The van der Waals surface area contributed by atoms with Gasteiger partial charge in [0.15, 0.2) is 0 Å². The van der Waals surface area contributed by atoms with Crippen molar-refractivity contribution in [2.24, 2.45) is 0 Å². The molecule has 1 heterocycles. The average Bonchev–Trinajstić information content (AvgIpc) is 2.49. The predicted molar refractivity (Wildman–Crippen MR) is 76.4 cm³/mol. The second kappa shape index (κ2) is 6.13. The summed E-state index contributed by atoms with van der Waals surface area (Å²) in [5.41, 5.74) is 1.90. The zero-order chi connectivity index (χ0) is 15.6. The van der Waals surface area contributed by atoms with Crippen LogP contribution in [0.2, 0.25) is 0 Å². The molecule has 0 radical (unpaired) electrons. The van der Waals surface area contributed by atoms with E-state index < -0.39 is 22.0 Å². The van der Waals surface area contributed by atoms with Crippen molar-refractivity contribution in [1.82, 2.24) is 4.31 Å². The van der Waals surface area contributed by atoms with Crippen molar-refractivity contribution in [2.45, 2.75) is 24.8 Å². The standard InChI is InChI=1S/C14H19NO5S/c1-10-4-5-12(8-11(10)2)21(17,18)15-6-7-20-9-13(15)14(16)19-3/h4-5,8,13H,6-7,9H2,1-3H3. The lowest BCUT2D eigenvalue weighted by atomic mass is 10.1. The normalized spacial score (nSPS) is 20.2. The molecule has 1 aliphatic rings. The molecule has 1 unspecified atom stereocenters. The Kier molecular flexibility index (Phi) is 4.65. The SMILES string of the molecule is COC(=O)C1COCCN1S(=O)(=O)c1ccc(C)c(C)c1. The third-order valence-electron chi connectivity index (χ3n) is 3.64. The number of carbonyl (C=O) groups is 1. The fraction of sp³-hybridized carbons (Fsp3) is 0.500. The van der Waals surface area contributed by atoms with Gasteiger partial charge in [0.05, 0.1) is 25.2 Å². The number of sulfonamides is 1. The van der Waals surface area contributed by atoms with Crippen molar-refractivity contribution in [3.63, 3.8) is 0 Å². The molecule has 0 aliphatic carbocycles. The van der Waals surface area contributed by atoms with Crippen molar-refractivity contribution < 1.29 is 22.7 Å². The molecule has 7 heteroatoms. The quantitative estimate of drug-likeness (QED) is 0.774. The summed E-state index contributed by atoms with van der Waals surface area (Å²) in [6.07, 6.45) is 0. The molecule has 2 rings (SSSR count). The Morgan fingerprint density at radius 1 is 1.33 bits per heavy atom. The summed E-state index contributed by atoms with van der Waals surface area (Å²) in [5.74, 6) is -0.609. The van der Waals surface area contributed by atoms with Crippen LogP contribution in [0.3, 0.4) is 0 Å². The average molecular weight is 313 g/mol. The minimum Gasteiger partial charge on any atom is -0.468 e. The molecule has 1 saturated heterocycles. The van der Waals surface area contributed by atoms with E-state index in [4.69, 9.17) is 4.74 Å². The van der Waals surface area contributed by atoms with Crippen LogP contribution in [0.15, 0.2) is 23.1 Å². The summed E-state index contributed by atoms with van der Waals surface area (Å²) in [5, 5.41) is 0. The van der Waals surface area contributed by atoms with Crippen LogP contribution in [-0.2, 0) is 24.3 Å². The molecule has 1 fully saturated rings. The van der Waals surface area contributed by atoms with Gasteiger partial charge >= 0.3 is 5.97 Å². The molecule has 116 valence electrons. The van der Waals surface area contributed by atoms with Crippen LogP contribution in [0.5, 0.6) is 0 Å². The highest BCUT2D eigenvalue weighted by Crippen LogP contribution is 2.23. The second-order valence-corrected chi connectivity index (χ2v) is 6.87. The Morgan fingerprint density at radius 2 is 2.05 bits per heavy atom. The lowest BCUT2D eigenvalue weighted by Gasteiger charge is -2.32. The Bertz CT molecular complexity index is 641. The van der Waals surface area contributed by atoms with Gasteiger partial charge in [0, 0.05) is 6.54 Å². The fourth-order valence-electron chi connectivity index (χ4n) is 2.21. The predicted octanol–water partition coefficient (Wildman–Crippen LogP) is 0.866. The molecule has 6 nitrogen and oxygen atoms in total. The van der Waals surface area contributed by atoms with E-state index in [9.17, 15) is 13.2 Å². The topological polar surface area (TPSA) is 72.9 Å². The highest BCUT2D eigenvalue weighted by atomic mass is 32.2. The van der Waals surface area contributed by atoms with E-state index in [1.54, 1.807) is 18.2 Å². The van der Waals surface area contributed by atoms with Gasteiger partial charge in [-0.15, -0.1) is 0 Å². The largest absolute Gasteiger partial charge is 0.468 e. The first-order valence-electron chi connectivity index (χ1n) is 6.62. The van der Waals surface area contributed by atoms with E-state index in [1.165, 1.54) is 7.11 Å². The molecule has 1 aromatic rings. The number of hydrogen-bond donors (Lipinski definition) is 0. The lowest BCUT2D eigenvalue weighted by Crippen LogP contribution is -2.52. The van der Waals surface area contributed by atoms with Gasteiger partial charge in [0.2, 0.25) is 10.0 Å². The number of morpholine rings is 1. The van der Waals surface area contributed by atoms with Crippen LogP contribution in [-0.4, -0.2) is 51.6 Å². The first kappa shape index (κ1) is 15.9. The van der Waals surface area contributed by atoms with Crippen molar-refractivity contribution in [3.05, 3.63) is 29.3 Å². The molecular formula is C14H19NO5S. The summed E-state index contributed by atoms with van der Waals surface area (Å²) in [4.78, 5) is 11.9. The van der Waals surface area contributed by atoms with Crippen LogP contribution in [0.1, 0.15) is 11.1 Å². The number of benzene rings is 1. The van der Waals surface area contributed by atoms with E-state index in [2.05, 4.69) is 4.74 Å².